The molecule has 1 aromatic carbocycles. The number of benzene rings is 1. The van der Waals surface area contributed by atoms with Crippen molar-refractivity contribution in [2.45, 2.75) is 6.54 Å². The quantitative estimate of drug-likeness (QED) is 0.525. The largest absolute Gasteiger partial charge is 0.370 e. The van der Waals surface area contributed by atoms with Gasteiger partial charge in [0.05, 0.1) is 0 Å². The molecule has 1 aromatic rings. The number of nitrogens with two attached hydrogens (primary N) is 1. The minimum atomic E-state index is -0.237. The molecule has 0 aliphatic carbocycles. The lowest BCUT2D eigenvalue weighted by molar-refractivity contribution is 0.606. The maximum atomic E-state index is 13.0. The third kappa shape index (κ3) is 2.74. The molecule has 0 atom stereocenters. The number of aliphatic imine (C=N–C) groups is 1. The van der Waals surface area contributed by atoms with Gasteiger partial charge in [0.25, 0.3) is 0 Å². The van der Waals surface area contributed by atoms with Crippen LogP contribution in [0.2, 0.25) is 0 Å². The van der Waals surface area contributed by atoms with Crippen molar-refractivity contribution < 1.29 is 4.39 Å². The monoisotopic (exact) mass is 181 g/mol. The van der Waals surface area contributed by atoms with Gasteiger partial charge in [-0.2, -0.15) is 0 Å². The molecule has 0 saturated carbocycles. The molecule has 0 saturated heterocycles. The van der Waals surface area contributed by atoms with Crippen molar-refractivity contribution in [1.29, 1.82) is 0 Å². The predicted octanol–water partition coefficient (Wildman–Crippen LogP) is 0.860. The number of halogens is 1. The molecule has 0 fully saturated rings. The summed E-state index contributed by atoms with van der Waals surface area (Å²) in [4.78, 5) is 3.69. The molecule has 0 unspecified atom stereocenters. The zero-order valence-electron chi connectivity index (χ0n) is 7.42. The van der Waals surface area contributed by atoms with E-state index in [9.17, 15) is 4.39 Å². The van der Waals surface area contributed by atoms with Crippen molar-refractivity contribution in [2.24, 2.45) is 10.7 Å². The first-order valence-corrected chi connectivity index (χ1v) is 3.93. The van der Waals surface area contributed by atoms with E-state index in [0.717, 1.165) is 0 Å². The van der Waals surface area contributed by atoms with Gasteiger partial charge in [-0.05, 0) is 6.07 Å². The number of hydrogen-bond acceptors (Lipinski definition) is 1. The summed E-state index contributed by atoms with van der Waals surface area (Å²) >= 11 is 0. The Labute approximate surface area is 76.5 Å². The van der Waals surface area contributed by atoms with Gasteiger partial charge >= 0.3 is 0 Å². The van der Waals surface area contributed by atoms with Crippen LogP contribution in [0, 0.1) is 5.82 Å². The molecule has 3 N–H and O–H groups in total. The van der Waals surface area contributed by atoms with Gasteiger partial charge in [-0.1, -0.05) is 18.2 Å². The van der Waals surface area contributed by atoms with Crippen LogP contribution < -0.4 is 11.1 Å². The van der Waals surface area contributed by atoms with Gasteiger partial charge in [0.2, 0.25) is 0 Å². The van der Waals surface area contributed by atoms with Crippen molar-refractivity contribution in [3.63, 3.8) is 0 Å². The first-order chi connectivity index (χ1) is 6.24. The molecule has 13 heavy (non-hydrogen) atoms. The van der Waals surface area contributed by atoms with Gasteiger partial charge in [0.15, 0.2) is 5.96 Å². The summed E-state index contributed by atoms with van der Waals surface area (Å²) in [5.74, 6) is 0.0714. The molecular weight excluding hydrogens is 169 g/mol. The van der Waals surface area contributed by atoms with Crippen molar-refractivity contribution in [3.8, 4) is 0 Å². The number of nitrogens with one attached hydrogen (secondary N) is 1. The Morgan fingerprint density at radius 1 is 1.54 bits per heavy atom. The molecule has 0 radical (unpaired) electrons. The first-order valence-electron chi connectivity index (χ1n) is 3.93. The molecule has 0 amide bonds. The fraction of sp³-hybridized carbons (Fsp3) is 0.222. The first kappa shape index (κ1) is 9.51. The van der Waals surface area contributed by atoms with Crippen LogP contribution in [0.3, 0.4) is 0 Å². The third-order valence-electron chi connectivity index (χ3n) is 1.66. The Hall–Kier alpha value is -1.58. The van der Waals surface area contributed by atoms with Crippen LogP contribution in [0.4, 0.5) is 4.39 Å². The molecule has 0 aliphatic heterocycles. The van der Waals surface area contributed by atoms with Crippen molar-refractivity contribution >= 4 is 5.96 Å². The Bertz CT molecular complexity index is 309. The second-order valence-electron chi connectivity index (χ2n) is 2.55. The predicted molar refractivity (Wildman–Crippen MR) is 50.8 cm³/mol. The highest BCUT2D eigenvalue weighted by Crippen LogP contribution is 2.04. The Morgan fingerprint density at radius 2 is 2.23 bits per heavy atom. The van der Waals surface area contributed by atoms with E-state index in [1.165, 1.54) is 6.07 Å². The highest BCUT2D eigenvalue weighted by molar-refractivity contribution is 5.77. The fourth-order valence-electron chi connectivity index (χ4n) is 0.907. The van der Waals surface area contributed by atoms with Crippen LogP contribution in [-0.2, 0) is 6.54 Å². The topological polar surface area (TPSA) is 50.4 Å². The van der Waals surface area contributed by atoms with E-state index < -0.39 is 0 Å². The lowest BCUT2D eigenvalue weighted by atomic mass is 10.2. The van der Waals surface area contributed by atoms with Crippen molar-refractivity contribution in [3.05, 3.63) is 35.6 Å². The molecule has 0 aliphatic rings. The highest BCUT2D eigenvalue weighted by atomic mass is 19.1. The van der Waals surface area contributed by atoms with E-state index in [-0.39, 0.29) is 5.82 Å². The van der Waals surface area contributed by atoms with Crippen LogP contribution >= 0.6 is 0 Å². The van der Waals surface area contributed by atoms with Gasteiger partial charge < -0.3 is 11.1 Å². The molecule has 0 spiro atoms. The van der Waals surface area contributed by atoms with Crippen LogP contribution in [-0.4, -0.2) is 13.0 Å². The minimum absolute atomic E-state index is 0.237. The van der Waals surface area contributed by atoms with Crippen LogP contribution in [0.1, 0.15) is 5.56 Å². The average Bonchev–Trinajstić information content (AvgIpc) is 2.16. The second kappa shape index (κ2) is 4.45. The smallest absolute Gasteiger partial charge is 0.188 e. The maximum absolute atomic E-state index is 13.0. The minimum Gasteiger partial charge on any atom is -0.370 e. The lowest BCUT2D eigenvalue weighted by Crippen LogP contribution is -2.31. The maximum Gasteiger partial charge on any atom is 0.188 e. The van der Waals surface area contributed by atoms with E-state index in [1.807, 2.05) is 0 Å². The highest BCUT2D eigenvalue weighted by Gasteiger charge is 1.99. The number of nitrogens with zero attached hydrogens (tertiary/aromatic N) is 1. The van der Waals surface area contributed by atoms with Gasteiger partial charge in [0.1, 0.15) is 5.82 Å². The van der Waals surface area contributed by atoms with E-state index in [1.54, 1.807) is 25.2 Å². The molecule has 3 nitrogen and oxygen atoms in total. The lowest BCUT2D eigenvalue weighted by Gasteiger charge is -2.05. The number of guanidine groups is 1. The Balaban J connectivity index is 2.60. The SMILES string of the molecule is CN=C(N)NCc1ccccc1F. The Morgan fingerprint density at radius 3 is 2.85 bits per heavy atom. The zero-order valence-corrected chi connectivity index (χ0v) is 7.42. The summed E-state index contributed by atoms with van der Waals surface area (Å²) in [7, 11) is 1.57. The van der Waals surface area contributed by atoms with Crippen molar-refractivity contribution in [2.75, 3.05) is 7.05 Å². The standard InChI is InChI=1S/C9H12FN3/c1-12-9(11)13-6-7-4-2-3-5-8(7)10/h2-5H,6H2,1H3,(H3,11,12,13). The summed E-state index contributed by atoms with van der Waals surface area (Å²) in [6, 6.07) is 6.54. The van der Waals surface area contributed by atoms with Crippen LogP contribution in [0.5, 0.6) is 0 Å². The van der Waals surface area contributed by atoms with E-state index in [2.05, 4.69) is 10.3 Å². The normalized spacial score (nSPS) is 11.4. The molecule has 1 rings (SSSR count). The van der Waals surface area contributed by atoms with E-state index in [4.69, 9.17) is 5.73 Å². The summed E-state index contributed by atoms with van der Waals surface area (Å²) in [5.41, 5.74) is 5.97. The number of hydrogen-bond donors (Lipinski definition) is 2. The molecular formula is C9H12FN3. The average molecular weight is 181 g/mol. The fourth-order valence-corrected chi connectivity index (χ4v) is 0.907. The van der Waals surface area contributed by atoms with Gasteiger partial charge in [-0.3, -0.25) is 4.99 Å². The molecule has 0 bridgehead atoms. The molecule has 0 aromatic heterocycles. The second-order valence-corrected chi connectivity index (χ2v) is 2.55. The summed E-state index contributed by atoms with van der Waals surface area (Å²) in [6.45, 7) is 0.357. The van der Waals surface area contributed by atoms with Crippen molar-refractivity contribution in [1.82, 2.24) is 5.32 Å². The number of rotatable bonds is 2. The third-order valence-corrected chi connectivity index (χ3v) is 1.66. The zero-order chi connectivity index (χ0) is 9.68. The molecule has 70 valence electrons. The summed E-state index contributed by atoms with van der Waals surface area (Å²) in [6.07, 6.45) is 0. The van der Waals surface area contributed by atoms with E-state index >= 15 is 0 Å². The van der Waals surface area contributed by atoms with Crippen LogP contribution in [0.25, 0.3) is 0 Å². The van der Waals surface area contributed by atoms with Gasteiger partial charge in [0, 0.05) is 19.2 Å². The van der Waals surface area contributed by atoms with Gasteiger partial charge in [-0.15, -0.1) is 0 Å². The molecule has 4 heteroatoms. The van der Waals surface area contributed by atoms with E-state index in [0.29, 0.717) is 18.1 Å². The summed E-state index contributed by atoms with van der Waals surface area (Å²) in [5, 5.41) is 2.78. The Kier molecular flexibility index (Phi) is 3.25. The summed E-state index contributed by atoms with van der Waals surface area (Å²) < 4.78 is 13.0. The van der Waals surface area contributed by atoms with Gasteiger partial charge in [-0.25, -0.2) is 4.39 Å². The molecule has 0 heterocycles. The van der Waals surface area contributed by atoms with Crippen LogP contribution in [0.15, 0.2) is 29.3 Å².